The van der Waals surface area contributed by atoms with Gasteiger partial charge in [-0.1, -0.05) is 50.4 Å². The summed E-state index contributed by atoms with van der Waals surface area (Å²) in [4.78, 5) is 14.4. The summed E-state index contributed by atoms with van der Waals surface area (Å²) in [6.07, 6.45) is 3.85. The fourth-order valence-electron chi connectivity index (χ4n) is 5.03. The van der Waals surface area contributed by atoms with Crippen LogP contribution in [-0.2, 0) is 35.4 Å². The summed E-state index contributed by atoms with van der Waals surface area (Å²) in [5, 5.41) is 0. The Hall–Kier alpha value is -2.15. The lowest BCUT2D eigenvalue weighted by atomic mass is 10.0. The predicted molar refractivity (Wildman–Crippen MR) is 192 cm³/mol. The summed E-state index contributed by atoms with van der Waals surface area (Å²) in [6, 6.07) is 11.9. The number of ether oxygens (including phenoxy) is 5. The van der Waals surface area contributed by atoms with E-state index in [0.717, 1.165) is 58.1 Å². The topological polar surface area (TPSA) is 101 Å². The number of rotatable bonds is 16. The molecule has 2 aromatic carbocycles. The Balaban J connectivity index is 1.08. The number of carbonyl (C=O) groups is 1. The van der Waals surface area contributed by atoms with Gasteiger partial charge in [-0.25, -0.2) is 13.2 Å². The molecule has 2 aromatic rings. The van der Waals surface area contributed by atoms with Gasteiger partial charge < -0.3 is 28.6 Å². The van der Waals surface area contributed by atoms with Crippen molar-refractivity contribution in [2.45, 2.75) is 95.0 Å². The van der Waals surface area contributed by atoms with E-state index < -0.39 is 23.7 Å². The Morgan fingerprint density at radius 3 is 2.64 bits per heavy atom. The molecule has 0 N–H and O–H groups in total. The van der Waals surface area contributed by atoms with E-state index in [-0.39, 0.29) is 17.1 Å². The molecule has 0 aliphatic carbocycles. The van der Waals surface area contributed by atoms with Crippen LogP contribution < -0.4 is 4.74 Å². The molecule has 2 heterocycles. The van der Waals surface area contributed by atoms with Crippen molar-refractivity contribution in [2.75, 3.05) is 32.9 Å². The zero-order valence-electron chi connectivity index (χ0n) is 28.1. The number of carbonyl (C=O) groups excluding carboxylic acids is 1. The maximum absolute atomic E-state index is 12.7. The van der Waals surface area contributed by atoms with Crippen LogP contribution in [0.15, 0.2) is 41.3 Å². The molecule has 47 heavy (non-hydrogen) atoms. The molecular weight excluding hydrogens is 749 g/mol. The van der Waals surface area contributed by atoms with Gasteiger partial charge in [0, 0.05) is 62.8 Å². The van der Waals surface area contributed by atoms with Crippen molar-refractivity contribution in [3.05, 3.63) is 62.6 Å². The maximum atomic E-state index is 12.7. The lowest BCUT2D eigenvalue weighted by Crippen LogP contribution is -2.35. The highest BCUT2D eigenvalue weighted by molar-refractivity contribution is 14.1. The van der Waals surface area contributed by atoms with Crippen molar-refractivity contribution >= 4 is 46.6 Å². The smallest absolute Gasteiger partial charge is 0.410 e. The minimum Gasteiger partial charge on any atom is -0.463 e. The SMILES string of the molecule is CC1(C)OCc2cc([C@@H]3CN(CCCCCCOCCC#Cc4cc(I)cc(S(=O)(=O)[CH]OCC[Si](C)(C)C)c4)C(=O)O3)ccc2O1. The van der Waals surface area contributed by atoms with Crippen molar-refractivity contribution in [1.29, 1.82) is 0 Å². The highest BCUT2D eigenvalue weighted by Gasteiger charge is 2.33. The van der Waals surface area contributed by atoms with E-state index in [4.69, 9.17) is 23.7 Å². The van der Waals surface area contributed by atoms with Gasteiger partial charge in [-0.05, 0) is 77.4 Å². The third-order valence-electron chi connectivity index (χ3n) is 7.71. The number of halogens is 1. The Kier molecular flexibility index (Phi) is 13.6. The maximum Gasteiger partial charge on any atom is 0.410 e. The first-order chi connectivity index (χ1) is 22.2. The summed E-state index contributed by atoms with van der Waals surface area (Å²) in [7, 11) is -4.97. The Bertz CT molecular complexity index is 1550. The molecule has 0 spiro atoms. The summed E-state index contributed by atoms with van der Waals surface area (Å²) < 4.78 is 54.7. The van der Waals surface area contributed by atoms with E-state index in [0.29, 0.717) is 51.5 Å². The third kappa shape index (κ3) is 12.4. The van der Waals surface area contributed by atoms with E-state index in [9.17, 15) is 13.2 Å². The normalized spacial score (nSPS) is 17.4. The largest absolute Gasteiger partial charge is 0.463 e. The van der Waals surface area contributed by atoms with Crippen molar-refractivity contribution in [2.24, 2.45) is 0 Å². The molecule has 2 aliphatic heterocycles. The highest BCUT2D eigenvalue weighted by atomic mass is 127. The molecule has 0 saturated carbocycles. The lowest BCUT2D eigenvalue weighted by Gasteiger charge is -2.32. The molecule has 1 radical (unpaired) electrons. The standard InChI is InChI=1S/C35H47INO8SSi/c1-35(2)43-25-29-22-28(13-14-32(29)45-35)33-24-37(34(38)44-33)15-9-6-7-10-16-41-17-11-8-12-27-20-30(36)23-31(21-27)46(39,40)26-42-18-19-47(3,4)5/h13-14,20-23,26,33H,6-7,9-11,15-19,24-25H2,1-5H3/t33-/m0/s1. The predicted octanol–water partition coefficient (Wildman–Crippen LogP) is 7.70. The summed E-state index contributed by atoms with van der Waals surface area (Å²) in [5.41, 5.74) is 2.57. The van der Waals surface area contributed by atoms with E-state index in [1.165, 1.54) is 0 Å². The number of hydrogen-bond acceptors (Lipinski definition) is 8. The minimum absolute atomic E-state index is 0.184. The lowest BCUT2D eigenvalue weighted by molar-refractivity contribution is -0.180. The van der Waals surface area contributed by atoms with Gasteiger partial charge in [-0.3, -0.25) is 0 Å². The molecule has 1 fully saturated rings. The third-order valence-corrected chi connectivity index (χ3v) is 11.3. The Morgan fingerprint density at radius 2 is 1.85 bits per heavy atom. The van der Waals surface area contributed by atoms with Crippen LogP contribution in [0.5, 0.6) is 5.75 Å². The van der Waals surface area contributed by atoms with Gasteiger partial charge in [-0.15, -0.1) is 0 Å². The highest BCUT2D eigenvalue weighted by Crippen LogP contribution is 2.35. The van der Waals surface area contributed by atoms with Crippen molar-refractivity contribution in [3.63, 3.8) is 0 Å². The fourth-order valence-corrected chi connectivity index (χ4v) is 7.61. The first kappa shape index (κ1) is 37.7. The molecule has 2 aliphatic rings. The van der Waals surface area contributed by atoms with Gasteiger partial charge in [0.15, 0.2) is 0 Å². The molecule has 0 unspecified atom stereocenters. The van der Waals surface area contributed by atoms with Crippen molar-refractivity contribution < 1.29 is 36.9 Å². The first-order valence-corrected chi connectivity index (χ1v) is 22.5. The van der Waals surface area contributed by atoms with Crippen LogP contribution in [0.2, 0.25) is 25.7 Å². The monoisotopic (exact) mass is 796 g/mol. The van der Waals surface area contributed by atoms with Gasteiger partial charge in [0.05, 0.1) is 24.7 Å². The van der Waals surface area contributed by atoms with Crippen LogP contribution in [0.4, 0.5) is 4.79 Å². The summed E-state index contributed by atoms with van der Waals surface area (Å²) in [5.74, 6) is 7.27. The number of hydrogen-bond donors (Lipinski definition) is 0. The van der Waals surface area contributed by atoms with E-state index >= 15 is 0 Å². The molecule has 0 bridgehead atoms. The number of amides is 1. The zero-order chi connectivity index (χ0) is 34.1. The average molecular weight is 797 g/mol. The number of benzene rings is 2. The van der Waals surface area contributed by atoms with Gasteiger partial charge in [0.2, 0.25) is 21.6 Å². The molecule has 1 amide bonds. The van der Waals surface area contributed by atoms with Gasteiger partial charge in [0.1, 0.15) is 11.9 Å². The van der Waals surface area contributed by atoms with E-state index in [2.05, 4.69) is 54.1 Å². The van der Waals surface area contributed by atoms with Crippen LogP contribution in [0, 0.1) is 21.3 Å². The number of nitrogens with zero attached hydrogens (tertiary/aromatic N) is 1. The second-order valence-electron chi connectivity index (χ2n) is 13.6. The fraction of sp³-hybridized carbons (Fsp3) is 0.543. The van der Waals surface area contributed by atoms with Crippen LogP contribution in [0.3, 0.4) is 0 Å². The first-order valence-electron chi connectivity index (χ1n) is 16.2. The van der Waals surface area contributed by atoms with Crippen LogP contribution in [0.1, 0.15) is 68.7 Å². The van der Waals surface area contributed by atoms with Gasteiger partial charge >= 0.3 is 6.09 Å². The van der Waals surface area contributed by atoms with Crippen LogP contribution >= 0.6 is 22.6 Å². The quantitative estimate of drug-likeness (QED) is 0.0738. The molecule has 1 atom stereocenters. The molecule has 1 saturated heterocycles. The van der Waals surface area contributed by atoms with Crippen LogP contribution in [-0.4, -0.2) is 66.2 Å². The molecule has 257 valence electrons. The number of cyclic esters (lactones) is 1. The molecule has 9 nitrogen and oxygen atoms in total. The number of unbranched alkanes of at least 4 members (excludes halogenated alkanes) is 3. The molecular formula is C35H47INO8SSi. The van der Waals surface area contributed by atoms with Crippen molar-refractivity contribution in [1.82, 2.24) is 4.90 Å². The average Bonchev–Trinajstić information content (AvgIpc) is 3.36. The number of fused-ring (bicyclic) bond motifs is 1. The van der Waals surface area contributed by atoms with E-state index in [1.54, 1.807) is 17.0 Å². The Morgan fingerprint density at radius 1 is 1.06 bits per heavy atom. The van der Waals surface area contributed by atoms with Crippen LogP contribution in [0.25, 0.3) is 0 Å². The van der Waals surface area contributed by atoms with Crippen molar-refractivity contribution in [3.8, 4) is 17.6 Å². The molecule has 0 aromatic heterocycles. The summed E-state index contributed by atoms with van der Waals surface area (Å²) >= 11 is 2.10. The van der Waals surface area contributed by atoms with Gasteiger partial charge in [0.25, 0.3) is 0 Å². The number of sulfone groups is 1. The second kappa shape index (κ2) is 17.0. The summed E-state index contributed by atoms with van der Waals surface area (Å²) in [6.45, 7) is 13.7. The zero-order valence-corrected chi connectivity index (χ0v) is 32.1. The molecule has 12 heteroatoms. The van der Waals surface area contributed by atoms with E-state index in [1.807, 2.05) is 38.1 Å². The molecule has 4 rings (SSSR count). The van der Waals surface area contributed by atoms with Gasteiger partial charge in [-0.2, -0.15) is 0 Å². The minimum atomic E-state index is -3.67. The Labute approximate surface area is 295 Å². The second-order valence-corrected chi connectivity index (χ2v) is 22.2.